The Bertz CT molecular complexity index is 660. The molecular formula is C16H14FNOS2. The minimum atomic E-state index is -0.325. The quantitative estimate of drug-likeness (QED) is 0.786. The maximum atomic E-state index is 13.4. The molecule has 2 nitrogen and oxygen atoms in total. The molecule has 21 heavy (non-hydrogen) atoms. The molecule has 0 unspecified atom stereocenters. The predicted molar refractivity (Wildman–Crippen MR) is 87.3 cm³/mol. The van der Waals surface area contributed by atoms with Gasteiger partial charge >= 0.3 is 0 Å². The van der Waals surface area contributed by atoms with Gasteiger partial charge in [0.25, 0.3) is 0 Å². The van der Waals surface area contributed by atoms with Crippen LogP contribution in [0, 0.1) is 5.82 Å². The van der Waals surface area contributed by atoms with Crippen LogP contribution in [-0.4, -0.2) is 17.9 Å². The molecule has 1 amide bonds. The van der Waals surface area contributed by atoms with Crippen LogP contribution in [0.1, 0.15) is 10.9 Å². The lowest BCUT2D eigenvalue weighted by molar-refractivity contribution is -0.115. The molecule has 0 bridgehead atoms. The van der Waals surface area contributed by atoms with Gasteiger partial charge in [0.2, 0.25) is 5.91 Å². The van der Waals surface area contributed by atoms with Crippen molar-refractivity contribution in [3.8, 4) is 0 Å². The third-order valence-corrected chi connectivity index (χ3v) is 5.31. The summed E-state index contributed by atoms with van der Waals surface area (Å²) >= 11 is 3.26. The highest BCUT2D eigenvalue weighted by atomic mass is 32.2. The molecule has 1 saturated heterocycles. The number of halogens is 1. The fourth-order valence-electron chi connectivity index (χ4n) is 2.34. The lowest BCUT2D eigenvalue weighted by Crippen LogP contribution is -2.27. The van der Waals surface area contributed by atoms with Gasteiger partial charge in [-0.15, -0.1) is 23.5 Å². The largest absolute Gasteiger partial charge is 0.295 e. The van der Waals surface area contributed by atoms with Crippen LogP contribution in [0.5, 0.6) is 0 Å². The van der Waals surface area contributed by atoms with Crippen molar-refractivity contribution in [3.05, 3.63) is 59.9 Å². The second-order valence-corrected chi connectivity index (χ2v) is 6.63. The molecular weight excluding hydrogens is 305 g/mol. The highest BCUT2D eigenvalue weighted by molar-refractivity contribution is 8.00. The van der Waals surface area contributed by atoms with Gasteiger partial charge in [-0.3, -0.25) is 9.69 Å². The fourth-order valence-corrected chi connectivity index (χ4v) is 3.93. The normalized spacial score (nSPS) is 18.3. The van der Waals surface area contributed by atoms with E-state index in [1.165, 1.54) is 17.0 Å². The lowest BCUT2D eigenvalue weighted by atomic mass is 10.2. The topological polar surface area (TPSA) is 20.3 Å². The van der Waals surface area contributed by atoms with Crippen LogP contribution in [0.2, 0.25) is 0 Å². The van der Waals surface area contributed by atoms with E-state index in [9.17, 15) is 9.18 Å². The third kappa shape index (κ3) is 2.94. The zero-order valence-corrected chi connectivity index (χ0v) is 13.1. The molecule has 0 spiro atoms. The van der Waals surface area contributed by atoms with Gasteiger partial charge in [0.1, 0.15) is 11.2 Å². The molecule has 1 atom stereocenters. The zero-order chi connectivity index (χ0) is 14.8. The van der Waals surface area contributed by atoms with E-state index >= 15 is 0 Å². The maximum absolute atomic E-state index is 13.4. The van der Waals surface area contributed by atoms with E-state index < -0.39 is 0 Å². The van der Waals surface area contributed by atoms with Crippen LogP contribution in [-0.2, 0) is 4.79 Å². The Hall–Kier alpha value is -1.46. The van der Waals surface area contributed by atoms with Crippen LogP contribution in [0.3, 0.4) is 0 Å². The number of anilines is 1. The van der Waals surface area contributed by atoms with Gasteiger partial charge in [-0.2, -0.15) is 0 Å². The SMILES string of the molecule is CSc1ccc([C@H]2SCC(=O)N2c2cccc(F)c2)cc1. The van der Waals surface area contributed by atoms with Crippen molar-refractivity contribution in [1.29, 1.82) is 0 Å². The summed E-state index contributed by atoms with van der Waals surface area (Å²) in [5.74, 6) is 0.115. The number of hydrogen-bond donors (Lipinski definition) is 0. The van der Waals surface area contributed by atoms with Gasteiger partial charge in [-0.25, -0.2) is 4.39 Å². The molecule has 1 heterocycles. The molecule has 0 saturated carbocycles. The van der Waals surface area contributed by atoms with Crippen LogP contribution in [0.15, 0.2) is 53.4 Å². The first kappa shape index (κ1) is 14.5. The summed E-state index contributed by atoms with van der Waals surface area (Å²) < 4.78 is 13.4. The number of benzene rings is 2. The van der Waals surface area contributed by atoms with Crippen LogP contribution in [0.4, 0.5) is 10.1 Å². The fraction of sp³-hybridized carbons (Fsp3) is 0.188. The minimum absolute atomic E-state index is 0.0181. The van der Waals surface area contributed by atoms with Crippen molar-refractivity contribution in [2.24, 2.45) is 0 Å². The van der Waals surface area contributed by atoms with Crippen LogP contribution in [0.25, 0.3) is 0 Å². The van der Waals surface area contributed by atoms with Crippen LogP contribution < -0.4 is 4.90 Å². The van der Waals surface area contributed by atoms with E-state index in [0.717, 1.165) is 5.56 Å². The van der Waals surface area contributed by atoms with Gasteiger partial charge in [-0.05, 0) is 42.2 Å². The average molecular weight is 319 g/mol. The number of carbonyl (C=O) groups is 1. The van der Waals surface area contributed by atoms with Gasteiger partial charge in [0.15, 0.2) is 0 Å². The first-order valence-electron chi connectivity index (χ1n) is 6.52. The summed E-state index contributed by atoms with van der Waals surface area (Å²) in [6.45, 7) is 0. The van der Waals surface area contributed by atoms with Gasteiger partial charge in [-0.1, -0.05) is 18.2 Å². The van der Waals surface area contributed by atoms with Crippen LogP contribution >= 0.6 is 23.5 Å². The summed E-state index contributed by atoms with van der Waals surface area (Å²) in [5.41, 5.74) is 1.68. The summed E-state index contributed by atoms with van der Waals surface area (Å²) in [7, 11) is 0. The lowest BCUT2D eigenvalue weighted by Gasteiger charge is -2.24. The highest BCUT2D eigenvalue weighted by Gasteiger charge is 2.34. The summed E-state index contributed by atoms with van der Waals surface area (Å²) in [6.07, 6.45) is 2.03. The molecule has 1 fully saturated rings. The monoisotopic (exact) mass is 319 g/mol. The molecule has 0 N–H and O–H groups in total. The molecule has 1 aliphatic rings. The van der Waals surface area contributed by atoms with Crippen molar-refractivity contribution in [2.75, 3.05) is 16.9 Å². The van der Waals surface area contributed by atoms with Crippen molar-refractivity contribution in [3.63, 3.8) is 0 Å². The maximum Gasteiger partial charge on any atom is 0.238 e. The Morgan fingerprint density at radius 1 is 1.24 bits per heavy atom. The van der Waals surface area contributed by atoms with E-state index in [0.29, 0.717) is 11.4 Å². The van der Waals surface area contributed by atoms with E-state index in [1.54, 1.807) is 40.6 Å². The number of amides is 1. The molecule has 5 heteroatoms. The van der Waals surface area contributed by atoms with E-state index in [2.05, 4.69) is 0 Å². The molecule has 108 valence electrons. The molecule has 0 aromatic heterocycles. The average Bonchev–Trinajstić information content (AvgIpc) is 2.89. The van der Waals surface area contributed by atoms with Crippen molar-refractivity contribution in [2.45, 2.75) is 10.3 Å². The zero-order valence-electron chi connectivity index (χ0n) is 11.5. The summed E-state index contributed by atoms with van der Waals surface area (Å²) in [4.78, 5) is 15.0. The smallest absolute Gasteiger partial charge is 0.238 e. The molecule has 3 rings (SSSR count). The Morgan fingerprint density at radius 2 is 2.00 bits per heavy atom. The van der Waals surface area contributed by atoms with Crippen molar-refractivity contribution in [1.82, 2.24) is 0 Å². The van der Waals surface area contributed by atoms with E-state index in [-0.39, 0.29) is 17.1 Å². The predicted octanol–water partition coefficient (Wildman–Crippen LogP) is 4.33. The number of carbonyl (C=O) groups excluding carboxylic acids is 1. The molecule has 2 aromatic rings. The van der Waals surface area contributed by atoms with Gasteiger partial charge in [0, 0.05) is 10.6 Å². The number of hydrogen-bond acceptors (Lipinski definition) is 3. The Labute approximate surface area is 131 Å². The van der Waals surface area contributed by atoms with E-state index in [1.807, 2.05) is 30.5 Å². The minimum Gasteiger partial charge on any atom is -0.295 e. The van der Waals surface area contributed by atoms with Crippen molar-refractivity contribution < 1.29 is 9.18 Å². The number of rotatable bonds is 3. The summed E-state index contributed by atoms with van der Waals surface area (Å²) in [5, 5.41) is -0.0878. The Morgan fingerprint density at radius 3 is 2.67 bits per heavy atom. The second-order valence-electron chi connectivity index (χ2n) is 4.68. The first-order chi connectivity index (χ1) is 10.2. The number of thioether (sulfide) groups is 2. The Balaban J connectivity index is 1.95. The first-order valence-corrected chi connectivity index (χ1v) is 8.79. The van der Waals surface area contributed by atoms with Gasteiger partial charge in [0.05, 0.1) is 5.75 Å². The van der Waals surface area contributed by atoms with E-state index in [4.69, 9.17) is 0 Å². The van der Waals surface area contributed by atoms with Crippen molar-refractivity contribution >= 4 is 35.1 Å². The molecule has 0 radical (unpaired) electrons. The molecule has 2 aromatic carbocycles. The highest BCUT2D eigenvalue weighted by Crippen LogP contribution is 2.42. The second kappa shape index (κ2) is 6.12. The molecule has 1 aliphatic heterocycles. The molecule has 0 aliphatic carbocycles. The summed E-state index contributed by atoms with van der Waals surface area (Å²) in [6, 6.07) is 14.4. The Kier molecular flexibility index (Phi) is 4.22. The number of nitrogens with zero attached hydrogens (tertiary/aromatic N) is 1. The third-order valence-electron chi connectivity index (χ3n) is 3.36. The van der Waals surface area contributed by atoms with Gasteiger partial charge < -0.3 is 0 Å². The standard InChI is InChI=1S/C16H14FNOS2/c1-20-14-7-5-11(6-8-14)16-18(15(19)10-21-16)13-4-2-3-12(17)9-13/h2-9,16H,10H2,1H3/t16-/m1/s1.